The smallest absolute Gasteiger partial charge is 0.340 e. The predicted octanol–water partition coefficient (Wildman–Crippen LogP) is 2.83. The summed E-state index contributed by atoms with van der Waals surface area (Å²) < 4.78 is 37.7. The molecule has 5 nitrogen and oxygen atoms in total. The minimum absolute atomic E-state index is 0.0538. The van der Waals surface area contributed by atoms with E-state index in [1.165, 1.54) is 12.1 Å². The molecule has 1 N–H and O–H groups in total. The van der Waals surface area contributed by atoms with Gasteiger partial charge in [0, 0.05) is 37.8 Å². The number of carbonyl (C=O) groups excluding carboxylic acids is 2. The highest BCUT2D eigenvalue weighted by molar-refractivity contribution is 5.94. The van der Waals surface area contributed by atoms with E-state index in [2.05, 4.69) is 5.32 Å². The van der Waals surface area contributed by atoms with Gasteiger partial charge in [0.05, 0.1) is 11.6 Å². The minimum Gasteiger partial charge on any atom is -0.340 e. The molecule has 1 atom stereocenters. The quantitative estimate of drug-likeness (QED) is 0.886. The van der Waals surface area contributed by atoms with Crippen LogP contribution in [0.3, 0.4) is 0 Å². The van der Waals surface area contributed by atoms with Gasteiger partial charge in [-0.05, 0) is 31.2 Å². The molecule has 1 saturated heterocycles. The van der Waals surface area contributed by atoms with Crippen LogP contribution in [-0.4, -0.2) is 53.8 Å². The van der Waals surface area contributed by atoms with Crippen molar-refractivity contribution in [2.75, 3.05) is 31.5 Å². The van der Waals surface area contributed by atoms with Crippen molar-refractivity contribution in [1.29, 1.82) is 0 Å². The number of piperazine rings is 1. The predicted molar refractivity (Wildman–Crippen MR) is 92.5 cm³/mol. The average molecular weight is 371 g/mol. The van der Waals surface area contributed by atoms with Crippen molar-refractivity contribution in [3.8, 4) is 0 Å². The fourth-order valence-corrected chi connectivity index (χ4v) is 2.85. The maximum absolute atomic E-state index is 12.6. The van der Waals surface area contributed by atoms with Crippen LogP contribution in [-0.2, 0) is 15.8 Å². The number of nitrogens with zero attached hydrogens (tertiary/aromatic N) is 2. The third kappa shape index (κ3) is 4.97. The zero-order chi connectivity index (χ0) is 19.5. The lowest BCUT2D eigenvalue weighted by atomic mass is 10.1. The maximum atomic E-state index is 12.6. The van der Waals surface area contributed by atoms with Crippen molar-refractivity contribution < 1.29 is 22.8 Å². The molecule has 1 heterocycles. The number of rotatable bonds is 4. The lowest BCUT2D eigenvalue weighted by Gasteiger charge is -2.38. The molecule has 0 spiro atoms. The van der Waals surface area contributed by atoms with Gasteiger partial charge in [-0.3, -0.25) is 14.5 Å². The second-order valence-corrected chi connectivity index (χ2v) is 6.76. The van der Waals surface area contributed by atoms with E-state index >= 15 is 0 Å². The monoisotopic (exact) mass is 371 g/mol. The van der Waals surface area contributed by atoms with E-state index in [-0.39, 0.29) is 17.7 Å². The number of amides is 2. The molecule has 0 unspecified atom stereocenters. The Morgan fingerprint density at radius 3 is 2.00 bits per heavy atom. The van der Waals surface area contributed by atoms with E-state index in [9.17, 15) is 22.8 Å². The number of carbonyl (C=O) groups is 2. The Balaban J connectivity index is 1.89. The summed E-state index contributed by atoms with van der Waals surface area (Å²) >= 11 is 0. The summed E-state index contributed by atoms with van der Waals surface area (Å²) in [7, 11) is 0. The van der Waals surface area contributed by atoms with Crippen molar-refractivity contribution in [2.24, 2.45) is 5.92 Å². The van der Waals surface area contributed by atoms with E-state index in [1.807, 2.05) is 18.7 Å². The lowest BCUT2D eigenvalue weighted by molar-refractivity contribution is -0.138. The zero-order valence-corrected chi connectivity index (χ0v) is 15.1. The van der Waals surface area contributed by atoms with Crippen LogP contribution in [0, 0.1) is 5.92 Å². The Bertz CT molecular complexity index is 636. The van der Waals surface area contributed by atoms with E-state index in [4.69, 9.17) is 0 Å². The number of hydrogen-bond acceptors (Lipinski definition) is 3. The molecule has 0 aromatic heterocycles. The molecule has 8 heteroatoms. The second-order valence-electron chi connectivity index (χ2n) is 6.76. The van der Waals surface area contributed by atoms with Crippen molar-refractivity contribution in [2.45, 2.75) is 33.0 Å². The summed E-state index contributed by atoms with van der Waals surface area (Å²) in [5.74, 6) is -0.234. The molecule has 144 valence electrons. The number of hydrogen-bond donors (Lipinski definition) is 1. The summed E-state index contributed by atoms with van der Waals surface area (Å²) in [6.07, 6.45) is -4.40. The van der Waals surface area contributed by atoms with Crippen molar-refractivity contribution >= 4 is 17.5 Å². The Morgan fingerprint density at radius 2 is 1.54 bits per heavy atom. The molecule has 2 rings (SSSR count). The molecular formula is C18H24F3N3O2. The molecule has 2 amide bonds. The van der Waals surface area contributed by atoms with Gasteiger partial charge in [0.25, 0.3) is 0 Å². The Hall–Kier alpha value is -2.09. The molecule has 1 aliphatic rings. The van der Waals surface area contributed by atoms with Gasteiger partial charge in [0.15, 0.2) is 0 Å². The molecule has 0 radical (unpaired) electrons. The normalized spacial score (nSPS) is 17.3. The van der Waals surface area contributed by atoms with Crippen molar-refractivity contribution in [1.82, 2.24) is 9.80 Å². The molecular weight excluding hydrogens is 347 g/mol. The van der Waals surface area contributed by atoms with Crippen LogP contribution in [0.5, 0.6) is 0 Å². The maximum Gasteiger partial charge on any atom is 0.416 e. The van der Waals surface area contributed by atoms with Crippen LogP contribution in [0.2, 0.25) is 0 Å². The van der Waals surface area contributed by atoms with Crippen LogP contribution in [0.15, 0.2) is 24.3 Å². The first kappa shape index (κ1) is 20.2. The summed E-state index contributed by atoms with van der Waals surface area (Å²) in [5.41, 5.74) is -0.432. The fraction of sp³-hybridized carbons (Fsp3) is 0.556. The first-order valence-electron chi connectivity index (χ1n) is 8.60. The van der Waals surface area contributed by atoms with Gasteiger partial charge >= 0.3 is 6.18 Å². The average Bonchev–Trinajstić information content (AvgIpc) is 2.60. The van der Waals surface area contributed by atoms with Crippen molar-refractivity contribution in [3.63, 3.8) is 0 Å². The molecule has 1 fully saturated rings. The summed E-state index contributed by atoms with van der Waals surface area (Å²) in [4.78, 5) is 28.1. The Morgan fingerprint density at radius 1 is 1.00 bits per heavy atom. The largest absolute Gasteiger partial charge is 0.416 e. The summed E-state index contributed by atoms with van der Waals surface area (Å²) in [6.45, 7) is 7.76. The molecule has 0 bridgehead atoms. The SMILES string of the molecule is CC(C)C(=O)N1CCN([C@H](C)C(=O)Nc2ccc(C(F)(F)F)cc2)CC1. The fourth-order valence-electron chi connectivity index (χ4n) is 2.85. The number of benzene rings is 1. The standard InChI is InChI=1S/C18H24F3N3O2/c1-12(2)17(26)24-10-8-23(9-11-24)13(3)16(25)22-15-6-4-14(5-7-15)18(19,20)21/h4-7,12-13H,8-11H2,1-3H3,(H,22,25)/t13-/m1/s1. The number of anilines is 1. The molecule has 1 aliphatic heterocycles. The van der Waals surface area contributed by atoms with Crippen LogP contribution in [0.25, 0.3) is 0 Å². The highest BCUT2D eigenvalue weighted by Gasteiger charge is 2.31. The molecule has 0 saturated carbocycles. The van der Waals surface area contributed by atoms with Crippen LogP contribution in [0.4, 0.5) is 18.9 Å². The second kappa shape index (κ2) is 8.07. The van der Waals surface area contributed by atoms with Gasteiger partial charge in [-0.1, -0.05) is 13.8 Å². The van der Waals surface area contributed by atoms with Crippen molar-refractivity contribution in [3.05, 3.63) is 29.8 Å². The highest BCUT2D eigenvalue weighted by Crippen LogP contribution is 2.29. The number of halogens is 3. The molecule has 1 aromatic carbocycles. The lowest BCUT2D eigenvalue weighted by Crippen LogP contribution is -2.54. The first-order valence-corrected chi connectivity index (χ1v) is 8.60. The van der Waals surface area contributed by atoms with Gasteiger partial charge in [-0.25, -0.2) is 0 Å². The topological polar surface area (TPSA) is 52.7 Å². The number of nitrogens with one attached hydrogen (secondary N) is 1. The van der Waals surface area contributed by atoms with E-state index in [0.29, 0.717) is 31.9 Å². The van der Waals surface area contributed by atoms with E-state index in [0.717, 1.165) is 12.1 Å². The van der Waals surface area contributed by atoms with E-state index < -0.39 is 17.8 Å². The van der Waals surface area contributed by atoms with E-state index in [1.54, 1.807) is 11.8 Å². The highest BCUT2D eigenvalue weighted by atomic mass is 19.4. The number of alkyl halides is 3. The summed E-state index contributed by atoms with van der Waals surface area (Å²) in [6, 6.07) is 3.93. The Labute approximate surface area is 151 Å². The molecule has 26 heavy (non-hydrogen) atoms. The van der Waals surface area contributed by atoms with Gasteiger partial charge in [0.2, 0.25) is 11.8 Å². The minimum atomic E-state index is -4.40. The van der Waals surface area contributed by atoms with Gasteiger partial charge in [-0.2, -0.15) is 13.2 Å². The summed E-state index contributed by atoms with van der Waals surface area (Å²) in [5, 5.41) is 2.64. The first-order chi connectivity index (χ1) is 12.1. The molecule has 1 aromatic rings. The van der Waals surface area contributed by atoms with Gasteiger partial charge in [0.1, 0.15) is 0 Å². The van der Waals surface area contributed by atoms with Crippen LogP contribution in [0.1, 0.15) is 26.3 Å². The van der Waals surface area contributed by atoms with Crippen LogP contribution < -0.4 is 5.32 Å². The van der Waals surface area contributed by atoms with Crippen LogP contribution >= 0.6 is 0 Å². The third-order valence-electron chi connectivity index (χ3n) is 4.53. The van der Waals surface area contributed by atoms with Gasteiger partial charge < -0.3 is 10.2 Å². The molecule has 0 aliphatic carbocycles. The third-order valence-corrected chi connectivity index (χ3v) is 4.53. The van der Waals surface area contributed by atoms with Gasteiger partial charge in [-0.15, -0.1) is 0 Å². The zero-order valence-electron chi connectivity index (χ0n) is 15.1. The Kier molecular flexibility index (Phi) is 6.28.